The number of carbonyl (C=O) groups excluding carboxylic acids is 1. The summed E-state index contributed by atoms with van der Waals surface area (Å²) in [6.45, 7) is 3.85. The minimum Gasteiger partial charge on any atom is -0.493 e. The van der Waals surface area contributed by atoms with Crippen LogP contribution in [0.1, 0.15) is 29.8 Å². The minimum atomic E-state index is -0.736. The average Bonchev–Trinajstić information content (AvgIpc) is 3.44. The van der Waals surface area contributed by atoms with Crippen LogP contribution in [0.15, 0.2) is 93.9 Å². The molecule has 1 aliphatic rings. The van der Waals surface area contributed by atoms with Gasteiger partial charge in [0.15, 0.2) is 16.3 Å². The number of aromatic nitrogens is 2. The molecular formula is C33H30N4O4S. The molecule has 3 heterocycles. The lowest BCUT2D eigenvalue weighted by Crippen LogP contribution is -2.40. The number of amides is 1. The van der Waals surface area contributed by atoms with Gasteiger partial charge in [-0.3, -0.25) is 14.2 Å². The number of aryl methyl sites for hydroxylation is 1. The molecule has 212 valence electrons. The van der Waals surface area contributed by atoms with Crippen molar-refractivity contribution in [1.82, 2.24) is 9.13 Å². The predicted octanol–water partition coefficient (Wildman–Crippen LogP) is 4.69. The number of methoxy groups -OCH3 is 2. The second kappa shape index (κ2) is 10.8. The molecule has 1 atom stereocenters. The van der Waals surface area contributed by atoms with Crippen molar-refractivity contribution in [2.45, 2.75) is 19.9 Å². The van der Waals surface area contributed by atoms with Crippen LogP contribution < -0.4 is 29.7 Å². The zero-order chi connectivity index (χ0) is 29.5. The molecular weight excluding hydrogens is 548 g/mol. The SMILES string of the molecule is COc1ccc([C@@H]2C(C(=O)Nc3ccccc3)=C(C)N=c3s/c(=C\c4c(C)n(C)c5ccccc45)c(=O)n32)cc1OC. The highest BCUT2D eigenvalue weighted by Gasteiger charge is 2.33. The first-order valence-corrected chi connectivity index (χ1v) is 14.3. The van der Waals surface area contributed by atoms with Gasteiger partial charge in [-0.15, -0.1) is 0 Å². The van der Waals surface area contributed by atoms with E-state index in [9.17, 15) is 9.59 Å². The zero-order valence-electron chi connectivity index (χ0n) is 24.0. The molecule has 0 radical (unpaired) electrons. The number of fused-ring (bicyclic) bond motifs is 2. The first kappa shape index (κ1) is 27.3. The quantitative estimate of drug-likeness (QED) is 0.317. The molecule has 5 aromatic rings. The Balaban J connectivity index is 1.57. The van der Waals surface area contributed by atoms with E-state index in [2.05, 4.69) is 22.0 Å². The highest BCUT2D eigenvalue weighted by atomic mass is 32.1. The van der Waals surface area contributed by atoms with Crippen LogP contribution in [0.4, 0.5) is 5.69 Å². The Bertz CT molecular complexity index is 2070. The lowest BCUT2D eigenvalue weighted by Gasteiger charge is -2.26. The molecule has 0 aliphatic carbocycles. The fourth-order valence-corrected chi connectivity index (χ4v) is 6.56. The number of ether oxygens (including phenoxy) is 2. The van der Waals surface area contributed by atoms with Crippen molar-refractivity contribution < 1.29 is 14.3 Å². The molecule has 2 aromatic heterocycles. The Morgan fingerprint density at radius 1 is 0.976 bits per heavy atom. The Labute approximate surface area is 246 Å². The van der Waals surface area contributed by atoms with Crippen molar-refractivity contribution in [2.75, 3.05) is 19.5 Å². The van der Waals surface area contributed by atoms with E-state index in [-0.39, 0.29) is 11.5 Å². The Morgan fingerprint density at radius 2 is 1.69 bits per heavy atom. The molecule has 1 N–H and O–H groups in total. The molecule has 42 heavy (non-hydrogen) atoms. The number of rotatable bonds is 6. The number of thiazole rings is 1. The van der Waals surface area contributed by atoms with E-state index >= 15 is 0 Å². The van der Waals surface area contributed by atoms with Crippen LogP contribution in [-0.4, -0.2) is 29.3 Å². The lowest BCUT2D eigenvalue weighted by molar-refractivity contribution is -0.113. The van der Waals surface area contributed by atoms with Crippen LogP contribution in [0.2, 0.25) is 0 Å². The number of nitrogens with zero attached hydrogens (tertiary/aromatic N) is 3. The summed E-state index contributed by atoms with van der Waals surface area (Å²) in [4.78, 5) is 33.4. The second-order valence-corrected chi connectivity index (χ2v) is 11.1. The third-order valence-electron chi connectivity index (χ3n) is 7.75. The zero-order valence-corrected chi connectivity index (χ0v) is 24.8. The van der Waals surface area contributed by atoms with Gasteiger partial charge in [0.25, 0.3) is 11.5 Å². The van der Waals surface area contributed by atoms with Crippen molar-refractivity contribution >= 4 is 39.9 Å². The molecule has 8 nitrogen and oxygen atoms in total. The van der Waals surface area contributed by atoms with Gasteiger partial charge in [-0.25, -0.2) is 4.99 Å². The molecule has 6 rings (SSSR count). The number of para-hydroxylation sites is 2. The summed E-state index contributed by atoms with van der Waals surface area (Å²) < 4.78 is 15.3. The van der Waals surface area contributed by atoms with Crippen molar-refractivity contribution in [1.29, 1.82) is 0 Å². The highest BCUT2D eigenvalue weighted by molar-refractivity contribution is 7.07. The van der Waals surface area contributed by atoms with E-state index in [4.69, 9.17) is 14.5 Å². The molecule has 0 spiro atoms. The minimum absolute atomic E-state index is 0.219. The van der Waals surface area contributed by atoms with Gasteiger partial charge in [0.05, 0.1) is 36.1 Å². The van der Waals surface area contributed by atoms with Gasteiger partial charge in [-0.2, -0.15) is 0 Å². The van der Waals surface area contributed by atoms with Crippen LogP contribution in [-0.2, 0) is 11.8 Å². The van der Waals surface area contributed by atoms with Gasteiger partial charge in [0.2, 0.25) is 0 Å². The van der Waals surface area contributed by atoms with Crippen LogP contribution in [0.25, 0.3) is 17.0 Å². The molecule has 0 fully saturated rings. The van der Waals surface area contributed by atoms with Gasteiger partial charge in [-0.1, -0.05) is 53.8 Å². The fourth-order valence-electron chi connectivity index (χ4n) is 5.53. The maximum Gasteiger partial charge on any atom is 0.271 e. The van der Waals surface area contributed by atoms with Crippen LogP contribution >= 0.6 is 11.3 Å². The second-order valence-electron chi connectivity index (χ2n) is 10.1. The summed E-state index contributed by atoms with van der Waals surface area (Å²) in [6, 6.07) is 22.1. The lowest BCUT2D eigenvalue weighted by atomic mass is 9.94. The molecule has 9 heteroatoms. The maximum absolute atomic E-state index is 14.2. The first-order chi connectivity index (χ1) is 20.3. The normalized spacial score (nSPS) is 15.0. The van der Waals surface area contributed by atoms with Gasteiger partial charge in [-0.05, 0) is 55.8 Å². The van der Waals surface area contributed by atoms with Crippen molar-refractivity contribution in [3.05, 3.63) is 121 Å². The predicted molar refractivity (Wildman–Crippen MR) is 166 cm³/mol. The van der Waals surface area contributed by atoms with Crippen LogP contribution in [0.5, 0.6) is 11.5 Å². The standard InChI is InChI=1S/C33H30N4O4S/c1-19-29(31(38)35-22-11-7-6-8-12-22)30(21-15-16-26(40-4)27(17-21)41-5)37-32(39)28(42-33(37)34-19)18-24-20(2)36(3)25-14-10-9-13-23(24)25/h6-18,30H,1-5H3,(H,35,38)/b28-18-/t30-/m1/s1. The first-order valence-electron chi connectivity index (χ1n) is 13.5. The maximum atomic E-state index is 14.2. The van der Waals surface area contributed by atoms with Gasteiger partial charge >= 0.3 is 0 Å². The summed E-state index contributed by atoms with van der Waals surface area (Å²) in [5.41, 5.74) is 5.18. The Hall–Kier alpha value is -4.89. The molecule has 0 unspecified atom stereocenters. The summed E-state index contributed by atoms with van der Waals surface area (Å²) in [5.74, 6) is 0.721. The smallest absolute Gasteiger partial charge is 0.271 e. The molecule has 0 bridgehead atoms. The number of benzene rings is 3. The largest absolute Gasteiger partial charge is 0.493 e. The van der Waals surface area contributed by atoms with Crippen LogP contribution in [0.3, 0.4) is 0 Å². The molecule has 1 amide bonds. The van der Waals surface area contributed by atoms with E-state index in [1.165, 1.54) is 11.3 Å². The molecule has 0 saturated heterocycles. The van der Waals surface area contributed by atoms with Gasteiger partial charge < -0.3 is 19.4 Å². The number of anilines is 1. The highest BCUT2D eigenvalue weighted by Crippen LogP contribution is 2.36. The summed E-state index contributed by atoms with van der Waals surface area (Å²) in [5, 5.41) is 4.05. The van der Waals surface area contributed by atoms with E-state index in [0.717, 1.165) is 22.2 Å². The summed E-state index contributed by atoms with van der Waals surface area (Å²) in [7, 11) is 5.15. The summed E-state index contributed by atoms with van der Waals surface area (Å²) >= 11 is 1.32. The molecule has 0 saturated carbocycles. The number of allylic oxidation sites excluding steroid dienone is 1. The van der Waals surface area contributed by atoms with Gasteiger partial charge in [0.1, 0.15) is 0 Å². The van der Waals surface area contributed by atoms with E-state index < -0.39 is 6.04 Å². The van der Waals surface area contributed by atoms with E-state index in [0.29, 0.717) is 43.4 Å². The topological polar surface area (TPSA) is 86.9 Å². The monoisotopic (exact) mass is 578 g/mol. The van der Waals surface area contributed by atoms with Crippen LogP contribution in [0, 0.1) is 6.92 Å². The van der Waals surface area contributed by atoms with E-state index in [1.807, 2.05) is 74.6 Å². The fraction of sp³-hybridized carbons (Fsp3) is 0.182. The molecule has 1 aliphatic heterocycles. The van der Waals surface area contributed by atoms with Crippen molar-refractivity contribution in [2.24, 2.45) is 12.0 Å². The molecule has 3 aromatic carbocycles. The number of nitrogens with one attached hydrogen (secondary N) is 1. The summed E-state index contributed by atoms with van der Waals surface area (Å²) in [6.07, 6.45) is 1.94. The Kier molecular flexibility index (Phi) is 7.04. The average molecular weight is 579 g/mol. The van der Waals surface area contributed by atoms with Gasteiger partial charge in [0, 0.05) is 34.9 Å². The van der Waals surface area contributed by atoms with E-state index in [1.54, 1.807) is 31.8 Å². The number of hydrogen-bond acceptors (Lipinski definition) is 6. The van der Waals surface area contributed by atoms with Crippen molar-refractivity contribution in [3.63, 3.8) is 0 Å². The third kappa shape index (κ3) is 4.52. The number of hydrogen-bond donors (Lipinski definition) is 1. The number of carbonyl (C=O) groups is 1. The third-order valence-corrected chi connectivity index (χ3v) is 8.73. The Morgan fingerprint density at radius 3 is 2.43 bits per heavy atom. The van der Waals surface area contributed by atoms with Crippen molar-refractivity contribution in [3.8, 4) is 11.5 Å².